The highest BCUT2D eigenvalue weighted by molar-refractivity contribution is 9.10. The number of carbonyl (C=O) groups is 1. The summed E-state index contributed by atoms with van der Waals surface area (Å²) in [4.78, 5) is 18.0. The number of rotatable bonds is 5. The second-order valence-electron chi connectivity index (χ2n) is 4.36. The molecule has 1 fully saturated rings. The monoisotopic (exact) mass is 297 g/mol. The summed E-state index contributed by atoms with van der Waals surface area (Å²) in [6, 6.07) is 2.51. The molecule has 2 rings (SSSR count). The molecule has 0 saturated heterocycles. The van der Waals surface area contributed by atoms with Crippen molar-refractivity contribution in [2.24, 2.45) is 0 Å². The summed E-state index contributed by atoms with van der Waals surface area (Å²) >= 11 is 3.30. The standard InChI is InChI=1S/C12H16BrN3O/c1-16(11-2-3-11)5-4-15-12(17)9-6-10(13)8-14-7-9/h6-8,11H,2-5H2,1H3,(H,15,17). The van der Waals surface area contributed by atoms with Gasteiger partial charge in [-0.1, -0.05) is 0 Å². The second kappa shape index (κ2) is 5.60. The van der Waals surface area contributed by atoms with Gasteiger partial charge in [-0.05, 0) is 41.9 Å². The highest BCUT2D eigenvalue weighted by Crippen LogP contribution is 2.24. The summed E-state index contributed by atoms with van der Waals surface area (Å²) in [5.74, 6) is -0.0667. The lowest BCUT2D eigenvalue weighted by atomic mass is 10.3. The molecule has 17 heavy (non-hydrogen) atoms. The molecular weight excluding hydrogens is 282 g/mol. The molecule has 1 aromatic rings. The maximum absolute atomic E-state index is 11.8. The van der Waals surface area contributed by atoms with Crippen molar-refractivity contribution in [3.63, 3.8) is 0 Å². The van der Waals surface area contributed by atoms with E-state index >= 15 is 0 Å². The Balaban J connectivity index is 1.76. The van der Waals surface area contributed by atoms with Crippen LogP contribution in [0.3, 0.4) is 0 Å². The third kappa shape index (κ3) is 3.78. The number of nitrogens with zero attached hydrogens (tertiary/aromatic N) is 2. The minimum Gasteiger partial charge on any atom is -0.351 e. The molecule has 5 heteroatoms. The molecule has 0 atom stereocenters. The molecule has 0 radical (unpaired) electrons. The maximum atomic E-state index is 11.8. The number of amides is 1. The zero-order chi connectivity index (χ0) is 12.3. The number of hydrogen-bond donors (Lipinski definition) is 1. The van der Waals surface area contributed by atoms with Crippen LogP contribution in [0.25, 0.3) is 0 Å². The first-order valence-electron chi connectivity index (χ1n) is 5.76. The molecule has 1 aliphatic carbocycles. The first kappa shape index (κ1) is 12.5. The van der Waals surface area contributed by atoms with Crippen molar-refractivity contribution in [2.45, 2.75) is 18.9 Å². The predicted molar refractivity (Wildman–Crippen MR) is 69.9 cm³/mol. The third-order valence-corrected chi connectivity index (χ3v) is 3.32. The minimum atomic E-state index is -0.0667. The predicted octanol–water partition coefficient (Wildman–Crippen LogP) is 1.67. The van der Waals surface area contributed by atoms with Gasteiger partial charge in [0.2, 0.25) is 0 Å². The van der Waals surface area contributed by atoms with Gasteiger partial charge in [0, 0.05) is 36.0 Å². The minimum absolute atomic E-state index is 0.0667. The Labute approximate surface area is 110 Å². The number of nitrogens with one attached hydrogen (secondary N) is 1. The fourth-order valence-electron chi connectivity index (χ4n) is 1.68. The van der Waals surface area contributed by atoms with Gasteiger partial charge in [-0.15, -0.1) is 0 Å². The summed E-state index contributed by atoms with van der Waals surface area (Å²) in [7, 11) is 2.10. The molecule has 1 aliphatic rings. The van der Waals surface area contributed by atoms with Crippen LogP contribution in [0, 0.1) is 0 Å². The highest BCUT2D eigenvalue weighted by Gasteiger charge is 2.25. The molecule has 1 N–H and O–H groups in total. The van der Waals surface area contributed by atoms with Crippen molar-refractivity contribution in [3.05, 3.63) is 28.5 Å². The Bertz CT molecular complexity index is 406. The first-order chi connectivity index (χ1) is 8.16. The third-order valence-electron chi connectivity index (χ3n) is 2.89. The summed E-state index contributed by atoms with van der Waals surface area (Å²) < 4.78 is 0.820. The van der Waals surface area contributed by atoms with Crippen molar-refractivity contribution in [2.75, 3.05) is 20.1 Å². The Hall–Kier alpha value is -0.940. The van der Waals surface area contributed by atoms with Gasteiger partial charge in [0.25, 0.3) is 5.91 Å². The highest BCUT2D eigenvalue weighted by atomic mass is 79.9. The molecule has 1 saturated carbocycles. The van der Waals surface area contributed by atoms with E-state index in [9.17, 15) is 4.79 Å². The average Bonchev–Trinajstić information content (AvgIpc) is 3.12. The lowest BCUT2D eigenvalue weighted by Crippen LogP contribution is -2.34. The SMILES string of the molecule is CN(CCNC(=O)c1cncc(Br)c1)C1CC1. The maximum Gasteiger partial charge on any atom is 0.252 e. The van der Waals surface area contributed by atoms with Crippen molar-refractivity contribution >= 4 is 21.8 Å². The molecule has 0 aromatic carbocycles. The molecule has 1 heterocycles. The van der Waals surface area contributed by atoms with Crippen LogP contribution in [0.5, 0.6) is 0 Å². The topological polar surface area (TPSA) is 45.2 Å². The first-order valence-corrected chi connectivity index (χ1v) is 6.55. The Morgan fingerprint density at radius 1 is 1.59 bits per heavy atom. The molecule has 0 spiro atoms. The van der Waals surface area contributed by atoms with Crippen molar-refractivity contribution in [1.29, 1.82) is 0 Å². The van der Waals surface area contributed by atoms with Crippen LogP contribution in [-0.4, -0.2) is 42.0 Å². The molecule has 0 bridgehead atoms. The normalized spacial score (nSPS) is 15.0. The van der Waals surface area contributed by atoms with E-state index in [1.807, 2.05) is 0 Å². The quantitative estimate of drug-likeness (QED) is 0.899. The van der Waals surface area contributed by atoms with E-state index in [4.69, 9.17) is 0 Å². The zero-order valence-electron chi connectivity index (χ0n) is 9.82. The van der Waals surface area contributed by atoms with Crippen LogP contribution in [0.15, 0.2) is 22.9 Å². The van der Waals surface area contributed by atoms with Crippen LogP contribution >= 0.6 is 15.9 Å². The lowest BCUT2D eigenvalue weighted by molar-refractivity contribution is 0.0949. The number of carbonyl (C=O) groups excluding carboxylic acids is 1. The Morgan fingerprint density at radius 3 is 3.00 bits per heavy atom. The van der Waals surface area contributed by atoms with E-state index < -0.39 is 0 Å². The number of hydrogen-bond acceptors (Lipinski definition) is 3. The molecule has 4 nitrogen and oxygen atoms in total. The van der Waals surface area contributed by atoms with Crippen LogP contribution in [-0.2, 0) is 0 Å². The molecule has 0 aliphatic heterocycles. The van der Waals surface area contributed by atoms with Crippen LogP contribution in [0.2, 0.25) is 0 Å². The van der Waals surface area contributed by atoms with Gasteiger partial charge < -0.3 is 10.2 Å². The van der Waals surface area contributed by atoms with E-state index in [0.717, 1.165) is 17.1 Å². The van der Waals surface area contributed by atoms with Crippen LogP contribution in [0.4, 0.5) is 0 Å². The molecular formula is C12H16BrN3O. The van der Waals surface area contributed by atoms with Gasteiger partial charge in [-0.2, -0.15) is 0 Å². The fraction of sp³-hybridized carbons (Fsp3) is 0.500. The molecule has 1 amide bonds. The van der Waals surface area contributed by atoms with E-state index in [1.54, 1.807) is 18.5 Å². The second-order valence-corrected chi connectivity index (χ2v) is 5.28. The van der Waals surface area contributed by atoms with E-state index in [1.165, 1.54) is 12.8 Å². The van der Waals surface area contributed by atoms with Gasteiger partial charge in [-0.3, -0.25) is 9.78 Å². The fourth-order valence-corrected chi connectivity index (χ4v) is 2.05. The van der Waals surface area contributed by atoms with Gasteiger partial charge in [0.05, 0.1) is 5.56 Å². The smallest absolute Gasteiger partial charge is 0.252 e. The van der Waals surface area contributed by atoms with Gasteiger partial charge in [0.15, 0.2) is 0 Å². The lowest BCUT2D eigenvalue weighted by Gasteiger charge is -2.15. The van der Waals surface area contributed by atoms with Crippen molar-refractivity contribution in [1.82, 2.24) is 15.2 Å². The number of pyridine rings is 1. The zero-order valence-corrected chi connectivity index (χ0v) is 11.4. The number of aromatic nitrogens is 1. The summed E-state index contributed by atoms with van der Waals surface area (Å²) in [6.45, 7) is 1.58. The van der Waals surface area contributed by atoms with E-state index in [0.29, 0.717) is 12.1 Å². The largest absolute Gasteiger partial charge is 0.351 e. The average molecular weight is 298 g/mol. The molecule has 0 unspecified atom stereocenters. The number of likely N-dealkylation sites (N-methyl/N-ethyl adjacent to an activating group) is 1. The van der Waals surface area contributed by atoms with Crippen molar-refractivity contribution < 1.29 is 4.79 Å². The van der Waals surface area contributed by atoms with Gasteiger partial charge in [0.1, 0.15) is 0 Å². The summed E-state index contributed by atoms with van der Waals surface area (Å²) in [6.07, 6.45) is 5.82. The molecule has 92 valence electrons. The van der Waals surface area contributed by atoms with Gasteiger partial charge in [-0.25, -0.2) is 0 Å². The Kier molecular flexibility index (Phi) is 4.12. The van der Waals surface area contributed by atoms with Crippen molar-refractivity contribution in [3.8, 4) is 0 Å². The Morgan fingerprint density at radius 2 is 2.35 bits per heavy atom. The van der Waals surface area contributed by atoms with E-state index in [2.05, 4.69) is 38.2 Å². The molecule has 1 aromatic heterocycles. The summed E-state index contributed by atoms with van der Waals surface area (Å²) in [5, 5.41) is 2.90. The summed E-state index contributed by atoms with van der Waals surface area (Å²) in [5.41, 5.74) is 0.591. The number of halogens is 1. The van der Waals surface area contributed by atoms with Crippen LogP contribution < -0.4 is 5.32 Å². The van der Waals surface area contributed by atoms with Gasteiger partial charge >= 0.3 is 0 Å². The van der Waals surface area contributed by atoms with Crippen LogP contribution in [0.1, 0.15) is 23.2 Å². The van der Waals surface area contributed by atoms with E-state index in [-0.39, 0.29) is 5.91 Å².